The van der Waals surface area contributed by atoms with Gasteiger partial charge in [0.1, 0.15) is 0 Å². The molecule has 17 heavy (non-hydrogen) atoms. The van der Waals surface area contributed by atoms with Crippen LogP contribution in [-0.2, 0) is 4.79 Å². The first-order valence-corrected chi connectivity index (χ1v) is 5.29. The van der Waals surface area contributed by atoms with E-state index in [9.17, 15) is 9.59 Å². The number of pyridine rings is 1. The molecule has 0 unspecified atom stereocenters. The Morgan fingerprint density at radius 2 is 2.24 bits per heavy atom. The van der Waals surface area contributed by atoms with Gasteiger partial charge in [0.2, 0.25) is 5.91 Å². The maximum absolute atomic E-state index is 11.6. The lowest BCUT2D eigenvalue weighted by Gasteiger charge is -2.10. The number of aromatic carboxylic acids is 1. The first-order valence-electron chi connectivity index (χ1n) is 5.29. The van der Waals surface area contributed by atoms with E-state index in [2.05, 4.69) is 10.3 Å². The number of anilines is 1. The van der Waals surface area contributed by atoms with Crippen molar-refractivity contribution in [3.05, 3.63) is 24.0 Å². The second kappa shape index (κ2) is 5.95. The Balaban J connectivity index is 2.71. The number of carbonyl (C=O) groups is 2. The molecule has 1 aromatic rings. The van der Waals surface area contributed by atoms with Crippen molar-refractivity contribution in [3.63, 3.8) is 0 Å². The highest BCUT2D eigenvalue weighted by atomic mass is 16.4. The van der Waals surface area contributed by atoms with Crippen LogP contribution in [-0.4, -0.2) is 28.0 Å². The van der Waals surface area contributed by atoms with Crippen molar-refractivity contribution in [1.82, 2.24) is 4.98 Å². The Kier molecular flexibility index (Phi) is 4.59. The van der Waals surface area contributed by atoms with Crippen LogP contribution in [0.4, 0.5) is 5.69 Å². The van der Waals surface area contributed by atoms with Gasteiger partial charge in [0, 0.05) is 6.20 Å². The number of carboxylic acid groups (broad SMARTS) is 1. The van der Waals surface area contributed by atoms with E-state index in [4.69, 9.17) is 10.8 Å². The van der Waals surface area contributed by atoms with Crippen molar-refractivity contribution in [2.75, 3.05) is 5.32 Å². The molecule has 4 N–H and O–H groups in total. The molecule has 0 aliphatic carbocycles. The van der Waals surface area contributed by atoms with Gasteiger partial charge in [-0.05, 0) is 12.5 Å². The molecule has 0 saturated carbocycles. The van der Waals surface area contributed by atoms with Gasteiger partial charge in [-0.25, -0.2) is 4.79 Å². The molecule has 1 heterocycles. The molecule has 0 aromatic carbocycles. The van der Waals surface area contributed by atoms with Crippen molar-refractivity contribution in [3.8, 4) is 0 Å². The minimum absolute atomic E-state index is 0.0202. The summed E-state index contributed by atoms with van der Waals surface area (Å²) in [6.07, 6.45) is 3.98. The number of rotatable bonds is 5. The van der Waals surface area contributed by atoms with Crippen LogP contribution < -0.4 is 11.1 Å². The van der Waals surface area contributed by atoms with Gasteiger partial charge in [-0.3, -0.25) is 9.78 Å². The lowest BCUT2D eigenvalue weighted by atomic mass is 10.1. The molecule has 6 heteroatoms. The molecule has 6 nitrogen and oxygen atoms in total. The third-order valence-electron chi connectivity index (χ3n) is 2.19. The fourth-order valence-corrected chi connectivity index (χ4v) is 1.30. The summed E-state index contributed by atoms with van der Waals surface area (Å²) in [6, 6.07) is 0.750. The van der Waals surface area contributed by atoms with Crippen molar-refractivity contribution < 1.29 is 14.7 Å². The van der Waals surface area contributed by atoms with E-state index in [1.807, 2.05) is 6.92 Å². The summed E-state index contributed by atoms with van der Waals surface area (Å²) < 4.78 is 0. The quantitative estimate of drug-likeness (QED) is 0.703. The Hall–Kier alpha value is -1.95. The molecule has 0 fully saturated rings. The smallest absolute Gasteiger partial charge is 0.337 e. The zero-order valence-corrected chi connectivity index (χ0v) is 9.51. The van der Waals surface area contributed by atoms with Crippen LogP contribution in [0.1, 0.15) is 30.1 Å². The van der Waals surface area contributed by atoms with Gasteiger partial charge in [0.05, 0.1) is 23.5 Å². The Morgan fingerprint density at radius 3 is 2.82 bits per heavy atom. The van der Waals surface area contributed by atoms with Crippen LogP contribution in [0.3, 0.4) is 0 Å². The van der Waals surface area contributed by atoms with E-state index in [1.54, 1.807) is 0 Å². The standard InChI is InChI=1S/C11H15N3O3/c1-2-3-9(12)10(15)14-8-4-7(11(16)17)5-13-6-8/h4-6,9H,2-3,12H2,1H3,(H,14,15)(H,16,17)/t9-/m0/s1. The fourth-order valence-electron chi connectivity index (χ4n) is 1.30. The van der Waals surface area contributed by atoms with Gasteiger partial charge >= 0.3 is 5.97 Å². The summed E-state index contributed by atoms with van der Waals surface area (Å²) in [4.78, 5) is 26.0. The number of hydrogen-bond acceptors (Lipinski definition) is 4. The summed E-state index contributed by atoms with van der Waals surface area (Å²) in [5.41, 5.74) is 5.98. The Labute approximate surface area is 98.8 Å². The van der Waals surface area contributed by atoms with Crippen molar-refractivity contribution >= 4 is 17.6 Å². The van der Waals surface area contributed by atoms with Crippen LogP contribution in [0.25, 0.3) is 0 Å². The number of nitrogens with one attached hydrogen (secondary N) is 1. The zero-order valence-electron chi connectivity index (χ0n) is 9.51. The van der Waals surface area contributed by atoms with E-state index in [0.717, 1.165) is 6.42 Å². The number of hydrogen-bond donors (Lipinski definition) is 3. The Morgan fingerprint density at radius 1 is 1.53 bits per heavy atom. The molecule has 92 valence electrons. The number of nitrogens with zero attached hydrogens (tertiary/aromatic N) is 1. The maximum atomic E-state index is 11.6. The van der Waals surface area contributed by atoms with Gasteiger partial charge in [0.25, 0.3) is 0 Å². The Bertz CT molecular complexity index is 420. The van der Waals surface area contributed by atoms with Gasteiger partial charge in [-0.1, -0.05) is 13.3 Å². The molecule has 0 saturated heterocycles. The SMILES string of the molecule is CCC[C@H](N)C(=O)Nc1cncc(C(=O)O)c1. The van der Waals surface area contributed by atoms with E-state index >= 15 is 0 Å². The minimum atomic E-state index is -1.09. The third-order valence-corrected chi connectivity index (χ3v) is 2.19. The van der Waals surface area contributed by atoms with E-state index in [-0.39, 0.29) is 11.5 Å². The molecule has 0 bridgehead atoms. The molecule has 0 aliphatic heterocycles. The number of carboxylic acids is 1. The highest BCUT2D eigenvalue weighted by Gasteiger charge is 2.13. The molecule has 1 aromatic heterocycles. The van der Waals surface area contributed by atoms with E-state index in [1.165, 1.54) is 18.5 Å². The molecule has 1 rings (SSSR count). The summed E-state index contributed by atoms with van der Waals surface area (Å²) in [7, 11) is 0. The van der Waals surface area contributed by atoms with E-state index in [0.29, 0.717) is 12.1 Å². The van der Waals surface area contributed by atoms with Gasteiger partial charge in [-0.2, -0.15) is 0 Å². The molecule has 1 amide bonds. The number of carbonyl (C=O) groups excluding carboxylic acids is 1. The number of nitrogens with two attached hydrogens (primary N) is 1. The van der Waals surface area contributed by atoms with Crippen molar-refractivity contribution in [1.29, 1.82) is 0 Å². The highest BCUT2D eigenvalue weighted by molar-refractivity contribution is 5.96. The fraction of sp³-hybridized carbons (Fsp3) is 0.364. The largest absolute Gasteiger partial charge is 0.478 e. The molecular weight excluding hydrogens is 222 g/mol. The number of aromatic nitrogens is 1. The molecule has 0 spiro atoms. The maximum Gasteiger partial charge on any atom is 0.337 e. The highest BCUT2D eigenvalue weighted by Crippen LogP contribution is 2.09. The topological polar surface area (TPSA) is 105 Å². The minimum Gasteiger partial charge on any atom is -0.478 e. The summed E-state index contributed by atoms with van der Waals surface area (Å²) in [5.74, 6) is -1.43. The first-order chi connectivity index (χ1) is 8.04. The van der Waals surface area contributed by atoms with Gasteiger partial charge < -0.3 is 16.2 Å². The van der Waals surface area contributed by atoms with Crippen LogP contribution in [0.2, 0.25) is 0 Å². The predicted octanol–water partition coefficient (Wildman–Crippen LogP) is 0.846. The lowest BCUT2D eigenvalue weighted by Crippen LogP contribution is -2.35. The van der Waals surface area contributed by atoms with Crippen molar-refractivity contribution in [2.24, 2.45) is 5.73 Å². The summed E-state index contributed by atoms with van der Waals surface area (Å²) >= 11 is 0. The van der Waals surface area contributed by atoms with Crippen LogP contribution in [0.15, 0.2) is 18.5 Å². The first kappa shape index (κ1) is 13.1. The van der Waals surface area contributed by atoms with Gasteiger partial charge in [0.15, 0.2) is 0 Å². The average Bonchev–Trinajstić information content (AvgIpc) is 2.29. The second-order valence-corrected chi connectivity index (χ2v) is 3.65. The van der Waals surface area contributed by atoms with Crippen LogP contribution in [0.5, 0.6) is 0 Å². The molecule has 0 aliphatic rings. The van der Waals surface area contributed by atoms with E-state index < -0.39 is 12.0 Å². The number of amides is 1. The van der Waals surface area contributed by atoms with Crippen molar-refractivity contribution in [2.45, 2.75) is 25.8 Å². The summed E-state index contributed by atoms with van der Waals surface area (Å²) in [5, 5.41) is 11.3. The van der Waals surface area contributed by atoms with Gasteiger partial charge in [-0.15, -0.1) is 0 Å². The molecular formula is C11H15N3O3. The zero-order chi connectivity index (χ0) is 12.8. The normalized spacial score (nSPS) is 11.9. The lowest BCUT2D eigenvalue weighted by molar-refractivity contribution is -0.117. The monoisotopic (exact) mass is 237 g/mol. The third kappa shape index (κ3) is 3.84. The predicted molar refractivity (Wildman–Crippen MR) is 62.7 cm³/mol. The summed E-state index contributed by atoms with van der Waals surface area (Å²) in [6.45, 7) is 1.93. The van der Waals surface area contributed by atoms with Crippen LogP contribution in [0, 0.1) is 0 Å². The van der Waals surface area contributed by atoms with Crippen LogP contribution >= 0.6 is 0 Å². The molecule has 1 atom stereocenters. The second-order valence-electron chi connectivity index (χ2n) is 3.65. The average molecular weight is 237 g/mol. The molecule has 0 radical (unpaired) electrons.